The second-order valence-electron chi connectivity index (χ2n) is 5.31. The number of carbonyl (C=O) groups excluding carboxylic acids is 2. The standard InChI is InChI=1S/C15H23N5O2/c1-12(21)17-13-3-2-4-14(11-13)18-15(22)20-9-7-19(6-5-16)8-10-20/h2-4,11H,5-10,16H2,1H3,(H,17,21)(H,18,22). The van der Waals surface area contributed by atoms with Crippen molar-refractivity contribution >= 4 is 23.3 Å². The maximum atomic E-state index is 12.2. The van der Waals surface area contributed by atoms with Crippen LogP contribution in [0.5, 0.6) is 0 Å². The summed E-state index contributed by atoms with van der Waals surface area (Å²) >= 11 is 0. The average molecular weight is 305 g/mol. The summed E-state index contributed by atoms with van der Waals surface area (Å²) in [7, 11) is 0. The molecule has 0 spiro atoms. The predicted octanol–water partition coefficient (Wildman–Crippen LogP) is 0.753. The van der Waals surface area contributed by atoms with Gasteiger partial charge < -0.3 is 21.3 Å². The molecule has 22 heavy (non-hydrogen) atoms. The largest absolute Gasteiger partial charge is 0.329 e. The molecule has 1 heterocycles. The van der Waals surface area contributed by atoms with E-state index in [1.165, 1.54) is 6.92 Å². The molecule has 7 heteroatoms. The Morgan fingerprint density at radius 2 is 1.77 bits per heavy atom. The maximum absolute atomic E-state index is 12.2. The Kier molecular flexibility index (Phi) is 5.74. The minimum atomic E-state index is -0.139. The molecule has 1 aliphatic rings. The van der Waals surface area contributed by atoms with Crippen molar-refractivity contribution in [3.8, 4) is 0 Å². The molecule has 0 aliphatic carbocycles. The molecule has 0 aromatic heterocycles. The van der Waals surface area contributed by atoms with Crippen LogP contribution in [0.2, 0.25) is 0 Å². The quantitative estimate of drug-likeness (QED) is 0.766. The lowest BCUT2D eigenvalue weighted by atomic mass is 10.2. The van der Waals surface area contributed by atoms with E-state index in [1.807, 2.05) is 0 Å². The van der Waals surface area contributed by atoms with E-state index < -0.39 is 0 Å². The van der Waals surface area contributed by atoms with E-state index in [1.54, 1.807) is 29.2 Å². The average Bonchev–Trinajstić information content (AvgIpc) is 2.48. The van der Waals surface area contributed by atoms with Crippen LogP contribution in [-0.2, 0) is 4.79 Å². The van der Waals surface area contributed by atoms with Crippen LogP contribution in [0, 0.1) is 0 Å². The Labute approximate surface area is 130 Å². The Hall–Kier alpha value is -2.12. The van der Waals surface area contributed by atoms with Crippen molar-refractivity contribution in [1.82, 2.24) is 9.80 Å². The van der Waals surface area contributed by atoms with E-state index in [4.69, 9.17) is 5.73 Å². The second-order valence-corrected chi connectivity index (χ2v) is 5.31. The summed E-state index contributed by atoms with van der Waals surface area (Å²) in [4.78, 5) is 27.3. The lowest BCUT2D eigenvalue weighted by molar-refractivity contribution is -0.114. The third-order valence-corrected chi connectivity index (χ3v) is 3.54. The highest BCUT2D eigenvalue weighted by Crippen LogP contribution is 2.16. The first-order chi connectivity index (χ1) is 10.6. The number of amides is 3. The summed E-state index contributed by atoms with van der Waals surface area (Å²) in [6.45, 7) is 6.03. The van der Waals surface area contributed by atoms with Gasteiger partial charge in [0.1, 0.15) is 0 Å². The van der Waals surface area contributed by atoms with Crippen molar-refractivity contribution in [2.24, 2.45) is 5.73 Å². The highest BCUT2D eigenvalue weighted by molar-refractivity contribution is 5.92. The number of piperazine rings is 1. The molecule has 3 amide bonds. The van der Waals surface area contributed by atoms with Gasteiger partial charge in [0.2, 0.25) is 5.91 Å². The first kappa shape index (κ1) is 16.3. The molecule has 1 saturated heterocycles. The van der Waals surface area contributed by atoms with Crippen molar-refractivity contribution < 1.29 is 9.59 Å². The molecule has 1 aromatic rings. The fourth-order valence-corrected chi connectivity index (χ4v) is 2.44. The minimum Gasteiger partial charge on any atom is -0.329 e. The molecule has 7 nitrogen and oxygen atoms in total. The molecule has 2 rings (SSSR count). The van der Waals surface area contributed by atoms with Crippen LogP contribution in [0.25, 0.3) is 0 Å². The Bertz CT molecular complexity index is 526. The summed E-state index contributed by atoms with van der Waals surface area (Å²) in [6.07, 6.45) is 0. The van der Waals surface area contributed by atoms with E-state index in [-0.39, 0.29) is 11.9 Å². The number of nitrogens with two attached hydrogens (primary N) is 1. The smallest absolute Gasteiger partial charge is 0.321 e. The molecule has 1 fully saturated rings. The molecule has 1 aliphatic heterocycles. The molecule has 1 aromatic carbocycles. The zero-order chi connectivity index (χ0) is 15.9. The van der Waals surface area contributed by atoms with Crippen molar-refractivity contribution in [3.63, 3.8) is 0 Å². The van der Waals surface area contributed by atoms with Gasteiger partial charge in [0.15, 0.2) is 0 Å². The van der Waals surface area contributed by atoms with Crippen LogP contribution >= 0.6 is 0 Å². The van der Waals surface area contributed by atoms with E-state index in [9.17, 15) is 9.59 Å². The van der Waals surface area contributed by atoms with Gasteiger partial charge in [-0.05, 0) is 18.2 Å². The Morgan fingerprint density at radius 1 is 1.14 bits per heavy atom. The van der Waals surface area contributed by atoms with Gasteiger partial charge in [-0.3, -0.25) is 9.69 Å². The fourth-order valence-electron chi connectivity index (χ4n) is 2.44. The molecule has 120 valence electrons. The van der Waals surface area contributed by atoms with Gasteiger partial charge in [-0.2, -0.15) is 0 Å². The highest BCUT2D eigenvalue weighted by atomic mass is 16.2. The second kappa shape index (κ2) is 7.77. The number of benzene rings is 1. The summed E-state index contributed by atoms with van der Waals surface area (Å²) in [5.41, 5.74) is 6.87. The zero-order valence-corrected chi connectivity index (χ0v) is 12.8. The van der Waals surface area contributed by atoms with Crippen molar-refractivity contribution in [3.05, 3.63) is 24.3 Å². The Morgan fingerprint density at radius 3 is 2.36 bits per heavy atom. The first-order valence-electron chi connectivity index (χ1n) is 7.44. The lowest BCUT2D eigenvalue weighted by Gasteiger charge is -2.34. The van der Waals surface area contributed by atoms with Gasteiger partial charge in [0, 0.05) is 57.6 Å². The van der Waals surface area contributed by atoms with Crippen molar-refractivity contribution in [1.29, 1.82) is 0 Å². The van der Waals surface area contributed by atoms with Crippen LogP contribution in [0.4, 0.5) is 16.2 Å². The van der Waals surface area contributed by atoms with E-state index in [0.717, 1.165) is 19.6 Å². The molecule has 0 bridgehead atoms. The van der Waals surface area contributed by atoms with Gasteiger partial charge in [-0.25, -0.2) is 4.79 Å². The molecular formula is C15H23N5O2. The summed E-state index contributed by atoms with van der Waals surface area (Å²) in [6, 6.07) is 6.99. The number of hydrogen-bond acceptors (Lipinski definition) is 4. The van der Waals surface area contributed by atoms with Gasteiger partial charge in [-0.15, -0.1) is 0 Å². The number of anilines is 2. The minimum absolute atomic E-state index is 0.118. The fraction of sp³-hybridized carbons (Fsp3) is 0.467. The van der Waals surface area contributed by atoms with E-state index >= 15 is 0 Å². The van der Waals surface area contributed by atoms with Crippen LogP contribution in [0.3, 0.4) is 0 Å². The molecule has 0 saturated carbocycles. The summed E-state index contributed by atoms with van der Waals surface area (Å²) in [5, 5.41) is 5.56. The van der Waals surface area contributed by atoms with Crippen molar-refractivity contribution in [2.45, 2.75) is 6.92 Å². The van der Waals surface area contributed by atoms with Gasteiger partial charge >= 0.3 is 6.03 Å². The van der Waals surface area contributed by atoms with Crippen LogP contribution in [0.1, 0.15) is 6.92 Å². The van der Waals surface area contributed by atoms with Crippen LogP contribution in [0.15, 0.2) is 24.3 Å². The molecule has 0 radical (unpaired) electrons. The lowest BCUT2D eigenvalue weighted by Crippen LogP contribution is -2.50. The van der Waals surface area contributed by atoms with Crippen LogP contribution < -0.4 is 16.4 Å². The third-order valence-electron chi connectivity index (χ3n) is 3.54. The number of hydrogen-bond donors (Lipinski definition) is 3. The molecule has 0 atom stereocenters. The molecular weight excluding hydrogens is 282 g/mol. The predicted molar refractivity (Wildman–Crippen MR) is 86.8 cm³/mol. The molecule has 4 N–H and O–H groups in total. The number of rotatable bonds is 4. The van der Waals surface area contributed by atoms with Crippen LogP contribution in [-0.4, -0.2) is 61.0 Å². The SMILES string of the molecule is CC(=O)Nc1cccc(NC(=O)N2CCN(CCN)CC2)c1. The maximum Gasteiger partial charge on any atom is 0.321 e. The van der Waals surface area contributed by atoms with E-state index in [2.05, 4.69) is 15.5 Å². The number of nitrogens with one attached hydrogen (secondary N) is 2. The van der Waals surface area contributed by atoms with Crippen molar-refractivity contribution in [2.75, 3.05) is 49.9 Å². The van der Waals surface area contributed by atoms with Gasteiger partial charge in [-0.1, -0.05) is 6.07 Å². The number of carbonyl (C=O) groups is 2. The number of urea groups is 1. The normalized spacial score (nSPS) is 15.5. The third kappa shape index (κ3) is 4.71. The Balaban J connectivity index is 1.88. The topological polar surface area (TPSA) is 90.7 Å². The van der Waals surface area contributed by atoms with Gasteiger partial charge in [0.25, 0.3) is 0 Å². The van der Waals surface area contributed by atoms with E-state index in [0.29, 0.717) is 31.0 Å². The summed E-state index contributed by atoms with van der Waals surface area (Å²) in [5.74, 6) is -0.139. The number of nitrogens with zero attached hydrogens (tertiary/aromatic N) is 2. The molecule has 0 unspecified atom stereocenters. The monoisotopic (exact) mass is 305 g/mol. The first-order valence-corrected chi connectivity index (χ1v) is 7.44. The van der Waals surface area contributed by atoms with Gasteiger partial charge in [0.05, 0.1) is 0 Å². The summed E-state index contributed by atoms with van der Waals surface area (Å²) < 4.78 is 0. The zero-order valence-electron chi connectivity index (χ0n) is 12.8. The highest BCUT2D eigenvalue weighted by Gasteiger charge is 2.20.